The number of rotatable bonds is 4. The van der Waals surface area contributed by atoms with E-state index in [4.69, 9.17) is 5.14 Å². The number of carbonyl (C=O) groups excluding carboxylic acids is 1. The fraction of sp³-hybridized carbons (Fsp3) is 0.133. The maximum atomic E-state index is 12.6. The van der Waals surface area contributed by atoms with Gasteiger partial charge in [0.25, 0.3) is 0 Å². The molecule has 0 saturated carbocycles. The molecule has 0 atom stereocenters. The van der Waals surface area contributed by atoms with Crippen molar-refractivity contribution >= 4 is 21.6 Å². The number of primary sulfonamides is 1. The third-order valence-corrected chi connectivity index (χ3v) is 4.01. The Hall–Kier alpha value is -2.39. The van der Waals surface area contributed by atoms with E-state index in [9.17, 15) is 26.4 Å². The number of hydrogen-bond acceptors (Lipinski definition) is 3. The van der Waals surface area contributed by atoms with Crippen LogP contribution in [0.25, 0.3) is 0 Å². The Bertz CT molecular complexity index is 847. The number of sulfonamides is 1. The lowest BCUT2D eigenvalue weighted by atomic mass is 10.1. The van der Waals surface area contributed by atoms with E-state index < -0.39 is 27.7 Å². The lowest BCUT2D eigenvalue weighted by Crippen LogP contribution is -2.16. The van der Waals surface area contributed by atoms with Crippen molar-refractivity contribution < 1.29 is 26.4 Å². The molecule has 9 heteroatoms. The highest BCUT2D eigenvalue weighted by Crippen LogP contribution is 2.29. The minimum absolute atomic E-state index is 0.113. The number of nitrogens with two attached hydrogens (primary N) is 1. The highest BCUT2D eigenvalue weighted by molar-refractivity contribution is 7.89. The van der Waals surface area contributed by atoms with Crippen molar-refractivity contribution in [1.29, 1.82) is 0 Å². The molecule has 0 aliphatic carbocycles. The fourth-order valence-corrected chi connectivity index (χ4v) is 2.49. The van der Waals surface area contributed by atoms with Gasteiger partial charge in [-0.15, -0.1) is 0 Å². The minimum atomic E-state index is -4.48. The molecule has 2 rings (SSSR count). The monoisotopic (exact) mass is 358 g/mol. The van der Waals surface area contributed by atoms with Gasteiger partial charge >= 0.3 is 6.18 Å². The first-order valence-corrected chi connectivity index (χ1v) is 8.19. The van der Waals surface area contributed by atoms with Crippen molar-refractivity contribution in [2.24, 2.45) is 5.14 Å². The zero-order chi connectivity index (χ0) is 18.0. The summed E-state index contributed by atoms with van der Waals surface area (Å²) in [6.07, 6.45) is -4.73. The number of carbonyl (C=O) groups is 1. The molecule has 0 radical (unpaired) electrons. The Labute approximate surface area is 136 Å². The number of amides is 1. The molecule has 0 unspecified atom stereocenters. The quantitative estimate of drug-likeness (QED) is 0.880. The van der Waals surface area contributed by atoms with Gasteiger partial charge in [0.1, 0.15) is 0 Å². The van der Waals surface area contributed by atoms with Crippen LogP contribution in [-0.2, 0) is 27.4 Å². The fourth-order valence-electron chi connectivity index (χ4n) is 1.98. The second-order valence-corrected chi connectivity index (χ2v) is 6.55. The van der Waals surface area contributed by atoms with Gasteiger partial charge in [0.15, 0.2) is 0 Å². The molecule has 2 aromatic carbocycles. The molecule has 0 aromatic heterocycles. The summed E-state index contributed by atoms with van der Waals surface area (Å²) in [5.41, 5.74) is -0.312. The minimum Gasteiger partial charge on any atom is -0.326 e. The van der Waals surface area contributed by atoms with E-state index in [0.717, 1.165) is 12.1 Å². The summed E-state index contributed by atoms with van der Waals surface area (Å²) in [4.78, 5) is 11.8. The highest BCUT2D eigenvalue weighted by Gasteiger charge is 2.30. The Morgan fingerprint density at radius 3 is 2.25 bits per heavy atom. The van der Waals surface area contributed by atoms with Crippen LogP contribution in [0, 0.1) is 0 Å². The average molecular weight is 358 g/mol. The predicted molar refractivity (Wildman–Crippen MR) is 81.6 cm³/mol. The van der Waals surface area contributed by atoms with Crippen molar-refractivity contribution in [3.8, 4) is 0 Å². The first kappa shape index (κ1) is 18.0. The largest absolute Gasteiger partial charge is 0.416 e. The molecule has 0 spiro atoms. The van der Waals surface area contributed by atoms with Crippen molar-refractivity contribution in [2.45, 2.75) is 17.5 Å². The Kier molecular flexibility index (Phi) is 4.95. The van der Waals surface area contributed by atoms with Crippen molar-refractivity contribution in [3.05, 3.63) is 59.7 Å². The molecule has 0 saturated heterocycles. The molecule has 3 N–H and O–H groups in total. The van der Waals surface area contributed by atoms with Gasteiger partial charge in [0, 0.05) is 5.69 Å². The zero-order valence-electron chi connectivity index (χ0n) is 12.2. The summed E-state index contributed by atoms with van der Waals surface area (Å²) in [5, 5.41) is 7.42. The summed E-state index contributed by atoms with van der Waals surface area (Å²) in [7, 11) is -3.83. The lowest BCUT2D eigenvalue weighted by molar-refractivity contribution is -0.137. The number of hydrogen-bond donors (Lipinski definition) is 2. The Morgan fingerprint density at radius 1 is 1.08 bits per heavy atom. The molecule has 0 bridgehead atoms. The van der Waals surface area contributed by atoms with Crippen LogP contribution in [0.15, 0.2) is 53.4 Å². The average Bonchev–Trinajstić information content (AvgIpc) is 2.46. The third kappa shape index (κ3) is 4.80. The molecule has 24 heavy (non-hydrogen) atoms. The van der Waals surface area contributed by atoms with Crippen molar-refractivity contribution in [1.82, 2.24) is 0 Å². The Balaban J connectivity index is 2.06. The number of alkyl halides is 3. The molecule has 2 aromatic rings. The molecule has 5 nitrogen and oxygen atoms in total. The molecule has 0 aliphatic heterocycles. The molecule has 0 fully saturated rings. The van der Waals surface area contributed by atoms with Crippen LogP contribution in [-0.4, -0.2) is 14.3 Å². The van der Waals surface area contributed by atoms with E-state index in [2.05, 4.69) is 5.32 Å². The van der Waals surface area contributed by atoms with Crippen molar-refractivity contribution in [2.75, 3.05) is 5.32 Å². The number of anilines is 1. The maximum Gasteiger partial charge on any atom is 0.416 e. The summed E-state index contributed by atoms with van der Waals surface area (Å²) in [5.74, 6) is -0.530. The van der Waals surface area contributed by atoms with Gasteiger partial charge in [0.2, 0.25) is 15.9 Å². The van der Waals surface area contributed by atoms with Crippen LogP contribution >= 0.6 is 0 Å². The number of nitrogens with one attached hydrogen (secondary N) is 1. The maximum absolute atomic E-state index is 12.6. The second-order valence-electron chi connectivity index (χ2n) is 4.99. The van der Waals surface area contributed by atoms with E-state index in [1.165, 1.54) is 36.4 Å². The number of benzene rings is 2. The Morgan fingerprint density at radius 2 is 1.71 bits per heavy atom. The van der Waals surface area contributed by atoms with Gasteiger partial charge in [-0.05, 0) is 35.9 Å². The SMILES string of the molecule is NS(=O)(=O)c1ccc(NC(=O)Cc2cccc(C(F)(F)F)c2)cc1. The van der Waals surface area contributed by atoms with Crippen LogP contribution in [0.1, 0.15) is 11.1 Å². The smallest absolute Gasteiger partial charge is 0.326 e. The van der Waals surface area contributed by atoms with E-state index >= 15 is 0 Å². The molecule has 0 aliphatic rings. The summed E-state index contributed by atoms with van der Waals surface area (Å²) >= 11 is 0. The van der Waals surface area contributed by atoms with Gasteiger partial charge in [-0.25, -0.2) is 13.6 Å². The van der Waals surface area contributed by atoms with Gasteiger partial charge in [-0.2, -0.15) is 13.2 Å². The third-order valence-electron chi connectivity index (χ3n) is 3.09. The summed E-state index contributed by atoms with van der Waals surface area (Å²) in [6, 6.07) is 9.58. The topological polar surface area (TPSA) is 89.3 Å². The van der Waals surface area contributed by atoms with Gasteiger partial charge in [-0.1, -0.05) is 18.2 Å². The van der Waals surface area contributed by atoms with Crippen LogP contribution < -0.4 is 10.5 Å². The van der Waals surface area contributed by atoms with Crippen LogP contribution in [0.3, 0.4) is 0 Å². The second kappa shape index (κ2) is 6.62. The first-order valence-electron chi connectivity index (χ1n) is 6.64. The van der Waals surface area contributed by atoms with E-state index in [1.807, 2.05) is 0 Å². The van der Waals surface area contributed by atoms with Gasteiger partial charge in [-0.3, -0.25) is 4.79 Å². The summed E-state index contributed by atoms with van der Waals surface area (Å²) in [6.45, 7) is 0. The number of halogens is 3. The molecule has 128 valence electrons. The van der Waals surface area contributed by atoms with E-state index in [0.29, 0.717) is 5.69 Å². The van der Waals surface area contributed by atoms with Gasteiger partial charge < -0.3 is 5.32 Å². The predicted octanol–water partition coefficient (Wildman–Crippen LogP) is 2.53. The summed E-state index contributed by atoms with van der Waals surface area (Å²) < 4.78 is 60.1. The van der Waals surface area contributed by atoms with E-state index in [-0.39, 0.29) is 16.9 Å². The van der Waals surface area contributed by atoms with Crippen molar-refractivity contribution in [3.63, 3.8) is 0 Å². The normalized spacial score (nSPS) is 12.0. The van der Waals surface area contributed by atoms with Crippen LogP contribution in [0.2, 0.25) is 0 Å². The van der Waals surface area contributed by atoms with Crippen LogP contribution in [0.5, 0.6) is 0 Å². The highest BCUT2D eigenvalue weighted by atomic mass is 32.2. The zero-order valence-corrected chi connectivity index (χ0v) is 13.0. The molecular formula is C15H13F3N2O3S. The lowest BCUT2D eigenvalue weighted by Gasteiger charge is -2.09. The standard InChI is InChI=1S/C15H13F3N2O3S/c16-15(17,18)11-3-1-2-10(8-11)9-14(21)20-12-4-6-13(7-5-12)24(19,22)23/h1-8H,9H2,(H,20,21)(H2,19,22,23). The molecular weight excluding hydrogens is 345 g/mol. The van der Waals surface area contributed by atoms with E-state index in [1.54, 1.807) is 0 Å². The first-order chi connectivity index (χ1) is 11.1. The molecule has 0 heterocycles. The van der Waals surface area contributed by atoms with Gasteiger partial charge in [0.05, 0.1) is 16.9 Å². The van der Waals surface area contributed by atoms with Crippen LogP contribution in [0.4, 0.5) is 18.9 Å². The molecule has 1 amide bonds.